The van der Waals surface area contributed by atoms with Gasteiger partial charge in [-0.1, -0.05) is 5.21 Å². The summed E-state index contributed by atoms with van der Waals surface area (Å²) in [5.74, 6) is -1.61. The molecule has 0 aliphatic carbocycles. The predicted molar refractivity (Wildman–Crippen MR) is 64.3 cm³/mol. The zero-order valence-electron chi connectivity index (χ0n) is 10.5. The Morgan fingerprint density at radius 2 is 2.10 bits per heavy atom. The molecule has 10 heteroatoms. The maximum absolute atomic E-state index is 11.6. The number of hydrogen-bond donors (Lipinski definition) is 0. The van der Waals surface area contributed by atoms with Crippen molar-refractivity contribution in [1.29, 1.82) is 0 Å². The van der Waals surface area contributed by atoms with Crippen molar-refractivity contribution in [2.45, 2.75) is 0 Å². The van der Waals surface area contributed by atoms with Gasteiger partial charge in [0.2, 0.25) is 5.69 Å². The Kier molecular flexibility index (Phi) is 2.65. The van der Waals surface area contributed by atoms with Gasteiger partial charge in [-0.2, -0.15) is 0 Å². The van der Waals surface area contributed by atoms with E-state index in [2.05, 4.69) is 15.0 Å². The van der Waals surface area contributed by atoms with Crippen LogP contribution in [0.4, 0.5) is 5.69 Å². The molecule has 0 spiro atoms. The number of aromatic nitrogens is 3. The molecule has 2 heterocycles. The number of carbonyl (C=O) groups excluding carboxylic acids is 2. The Balaban J connectivity index is 2.24. The average molecular weight is 290 g/mol. The second kappa shape index (κ2) is 4.37. The van der Waals surface area contributed by atoms with E-state index in [0.717, 1.165) is 10.7 Å². The van der Waals surface area contributed by atoms with Crippen LogP contribution >= 0.6 is 0 Å². The van der Waals surface area contributed by atoms with Crippen LogP contribution in [0.3, 0.4) is 0 Å². The summed E-state index contributed by atoms with van der Waals surface area (Å²) in [7, 11) is 1.35. The second-order valence-corrected chi connectivity index (χ2v) is 3.99. The van der Waals surface area contributed by atoms with E-state index in [-0.39, 0.29) is 28.5 Å². The quantitative estimate of drug-likeness (QED) is 0.346. The molecule has 0 amide bonds. The molecule has 0 saturated carbocycles. The highest BCUT2D eigenvalue weighted by Gasteiger charge is 2.38. The van der Waals surface area contributed by atoms with Gasteiger partial charge in [0.1, 0.15) is 11.4 Å². The molecular formula is C11H6N4O6. The molecule has 3 rings (SSSR count). The lowest BCUT2D eigenvalue weighted by Gasteiger charge is -2.08. The van der Waals surface area contributed by atoms with Crippen molar-refractivity contribution in [3.05, 3.63) is 39.7 Å². The molecule has 0 N–H and O–H groups in total. The van der Waals surface area contributed by atoms with Crippen molar-refractivity contribution in [2.75, 3.05) is 7.11 Å². The van der Waals surface area contributed by atoms with Crippen LogP contribution in [0.25, 0.3) is 5.69 Å². The first-order valence-corrected chi connectivity index (χ1v) is 5.58. The van der Waals surface area contributed by atoms with Gasteiger partial charge in [-0.15, -0.1) is 5.10 Å². The molecule has 106 valence electrons. The summed E-state index contributed by atoms with van der Waals surface area (Å²) in [6.45, 7) is 0. The Morgan fingerprint density at radius 1 is 1.33 bits per heavy atom. The summed E-state index contributed by atoms with van der Waals surface area (Å²) in [6.07, 6.45) is 0. The van der Waals surface area contributed by atoms with Gasteiger partial charge < -0.3 is 9.47 Å². The summed E-state index contributed by atoms with van der Waals surface area (Å²) in [5, 5.41) is 18.1. The Bertz CT molecular complexity index is 796. The van der Waals surface area contributed by atoms with Crippen LogP contribution in [0.2, 0.25) is 0 Å². The van der Waals surface area contributed by atoms with E-state index in [0.29, 0.717) is 0 Å². The third-order valence-corrected chi connectivity index (χ3v) is 2.84. The first-order valence-electron chi connectivity index (χ1n) is 5.58. The standard InChI is InChI=1S/C11H6N4O6/c1-20-7-3-2-5(15(18)19)4-6(7)14-9-8(12-13-14)10(16)21-11(9)17/h2-4H,1H3. The fourth-order valence-electron chi connectivity index (χ4n) is 1.91. The molecule has 1 aromatic carbocycles. The van der Waals surface area contributed by atoms with Gasteiger partial charge in [-0.25, -0.2) is 14.3 Å². The lowest BCUT2D eigenvalue weighted by atomic mass is 10.2. The number of nitro groups is 1. The smallest absolute Gasteiger partial charge is 0.369 e. The van der Waals surface area contributed by atoms with Crippen molar-refractivity contribution in [3.63, 3.8) is 0 Å². The third-order valence-electron chi connectivity index (χ3n) is 2.84. The maximum Gasteiger partial charge on any atom is 0.369 e. The van der Waals surface area contributed by atoms with E-state index in [1.54, 1.807) is 0 Å². The molecule has 0 atom stereocenters. The van der Waals surface area contributed by atoms with Gasteiger partial charge in [0.05, 0.1) is 12.0 Å². The van der Waals surface area contributed by atoms with Crippen molar-refractivity contribution >= 4 is 17.6 Å². The number of hydrogen-bond acceptors (Lipinski definition) is 8. The molecule has 0 fully saturated rings. The van der Waals surface area contributed by atoms with E-state index in [1.165, 1.54) is 19.2 Å². The molecule has 0 unspecified atom stereocenters. The van der Waals surface area contributed by atoms with Gasteiger partial charge in [-0.3, -0.25) is 10.1 Å². The fourth-order valence-corrected chi connectivity index (χ4v) is 1.91. The fraction of sp³-hybridized carbons (Fsp3) is 0.0909. The van der Waals surface area contributed by atoms with Gasteiger partial charge in [0, 0.05) is 12.1 Å². The average Bonchev–Trinajstić information content (AvgIpc) is 3.01. The van der Waals surface area contributed by atoms with Crippen LogP contribution in [0, 0.1) is 10.1 Å². The van der Waals surface area contributed by atoms with Crippen molar-refractivity contribution < 1.29 is 24.0 Å². The number of cyclic esters (lactones) is 2. The number of non-ortho nitro benzene ring substituents is 1. The molecular weight excluding hydrogens is 284 g/mol. The zero-order valence-corrected chi connectivity index (χ0v) is 10.5. The lowest BCUT2D eigenvalue weighted by molar-refractivity contribution is -0.384. The number of ether oxygens (including phenoxy) is 2. The molecule has 2 aromatic rings. The largest absolute Gasteiger partial charge is 0.494 e. The first-order chi connectivity index (χ1) is 10.0. The first kappa shape index (κ1) is 12.7. The highest BCUT2D eigenvalue weighted by Crippen LogP contribution is 2.30. The Labute approximate surface area is 116 Å². The number of carbonyl (C=O) groups is 2. The summed E-state index contributed by atoms with van der Waals surface area (Å²) < 4.78 is 10.5. The predicted octanol–water partition coefficient (Wildman–Crippen LogP) is 0.495. The minimum Gasteiger partial charge on any atom is -0.494 e. The lowest BCUT2D eigenvalue weighted by Crippen LogP contribution is -2.09. The van der Waals surface area contributed by atoms with Crippen LogP contribution in [0.5, 0.6) is 5.75 Å². The monoisotopic (exact) mass is 290 g/mol. The molecule has 0 saturated heterocycles. The van der Waals surface area contributed by atoms with Crippen molar-refractivity contribution in [3.8, 4) is 11.4 Å². The molecule has 21 heavy (non-hydrogen) atoms. The van der Waals surface area contributed by atoms with Crippen LogP contribution in [0.1, 0.15) is 21.0 Å². The van der Waals surface area contributed by atoms with Crippen LogP contribution in [-0.4, -0.2) is 39.0 Å². The Hall–Kier alpha value is -3.30. The highest BCUT2D eigenvalue weighted by atomic mass is 16.6. The van der Waals surface area contributed by atoms with Gasteiger partial charge in [0.15, 0.2) is 5.69 Å². The maximum atomic E-state index is 11.6. The van der Waals surface area contributed by atoms with Gasteiger partial charge in [-0.05, 0) is 6.07 Å². The van der Waals surface area contributed by atoms with Crippen LogP contribution < -0.4 is 4.74 Å². The number of nitrogens with zero attached hydrogens (tertiary/aromatic N) is 4. The molecule has 1 aliphatic heterocycles. The summed E-state index contributed by atoms with van der Waals surface area (Å²) in [5.41, 5.74) is -0.563. The van der Waals surface area contributed by atoms with E-state index < -0.39 is 16.9 Å². The number of methoxy groups -OCH3 is 1. The molecule has 0 bridgehead atoms. The minimum atomic E-state index is -0.923. The highest BCUT2D eigenvalue weighted by molar-refractivity contribution is 6.12. The molecule has 10 nitrogen and oxygen atoms in total. The van der Waals surface area contributed by atoms with E-state index in [9.17, 15) is 19.7 Å². The number of esters is 2. The van der Waals surface area contributed by atoms with E-state index >= 15 is 0 Å². The summed E-state index contributed by atoms with van der Waals surface area (Å²) in [6, 6.07) is 3.75. The van der Waals surface area contributed by atoms with Crippen LogP contribution in [-0.2, 0) is 4.74 Å². The topological polar surface area (TPSA) is 126 Å². The normalized spacial score (nSPS) is 13.0. The Morgan fingerprint density at radius 3 is 2.76 bits per heavy atom. The second-order valence-electron chi connectivity index (χ2n) is 3.99. The third kappa shape index (κ3) is 1.81. The van der Waals surface area contributed by atoms with E-state index in [1.807, 2.05) is 0 Å². The zero-order chi connectivity index (χ0) is 15.1. The number of rotatable bonds is 3. The SMILES string of the molecule is COc1ccc([N+](=O)[O-])cc1-n1nnc2c1C(=O)OC2=O. The summed E-state index contributed by atoms with van der Waals surface area (Å²) >= 11 is 0. The molecule has 1 aliphatic rings. The number of benzene rings is 1. The molecule has 0 radical (unpaired) electrons. The van der Waals surface area contributed by atoms with Crippen molar-refractivity contribution in [2.24, 2.45) is 0 Å². The van der Waals surface area contributed by atoms with Gasteiger partial charge >= 0.3 is 11.9 Å². The minimum absolute atomic E-state index is 0.104. The van der Waals surface area contributed by atoms with Crippen LogP contribution in [0.15, 0.2) is 18.2 Å². The molecule has 1 aromatic heterocycles. The van der Waals surface area contributed by atoms with Gasteiger partial charge in [0.25, 0.3) is 5.69 Å². The van der Waals surface area contributed by atoms with E-state index in [4.69, 9.17) is 4.74 Å². The number of nitro benzene ring substituents is 1. The number of fused-ring (bicyclic) bond motifs is 1. The summed E-state index contributed by atoms with van der Waals surface area (Å²) in [4.78, 5) is 33.2. The van der Waals surface area contributed by atoms with Crippen molar-refractivity contribution in [1.82, 2.24) is 15.0 Å².